The molecule has 0 bridgehead atoms. The average molecular weight is 670 g/mol. The van der Waals surface area contributed by atoms with E-state index in [0.29, 0.717) is 30.7 Å². The molecule has 12 heteroatoms. The van der Waals surface area contributed by atoms with E-state index in [-0.39, 0.29) is 16.7 Å². The second-order valence-electron chi connectivity index (χ2n) is 11.8. The predicted molar refractivity (Wildman–Crippen MR) is 176 cm³/mol. The van der Waals surface area contributed by atoms with Gasteiger partial charge in [0.25, 0.3) is 0 Å². The molecule has 2 aromatic carbocycles. The van der Waals surface area contributed by atoms with Gasteiger partial charge in [0.15, 0.2) is 5.71 Å². The fourth-order valence-electron chi connectivity index (χ4n) is 6.90. The second-order valence-corrected chi connectivity index (χ2v) is 14.0. The lowest BCUT2D eigenvalue weighted by atomic mass is 9.76. The van der Waals surface area contributed by atoms with Crippen molar-refractivity contribution in [1.82, 2.24) is 0 Å². The smallest absolute Gasteiger partial charge is 0.303 e. The number of carboxylic acids is 1. The van der Waals surface area contributed by atoms with Crippen LogP contribution in [0, 0.1) is 0 Å². The number of carboxylic acid groups (broad SMARTS) is 1. The first kappa shape index (κ1) is 35.6. The highest BCUT2D eigenvalue weighted by atomic mass is 32.2. The van der Waals surface area contributed by atoms with Crippen molar-refractivity contribution < 1.29 is 42.1 Å². The zero-order chi connectivity index (χ0) is 33.5. The molecule has 1 N–H and O–H groups in total. The minimum absolute atomic E-state index is 0.0196. The highest BCUT2D eigenvalue weighted by Crippen LogP contribution is 2.51. The van der Waals surface area contributed by atoms with Gasteiger partial charge < -0.3 is 19.8 Å². The van der Waals surface area contributed by atoms with Gasteiger partial charge in [-0.2, -0.15) is 8.91 Å². The Morgan fingerprint density at radius 1 is 1.04 bits per heavy atom. The quantitative estimate of drug-likeness (QED) is 0.0452. The largest absolute Gasteiger partial charge is 0.744 e. The number of fused-ring (bicyclic) bond motifs is 2. The van der Waals surface area contributed by atoms with Crippen molar-refractivity contribution in [2.24, 2.45) is 0 Å². The van der Waals surface area contributed by atoms with Crippen LogP contribution in [-0.2, 0) is 35.1 Å². The molecule has 0 fully saturated rings. The van der Waals surface area contributed by atoms with Crippen LogP contribution < -0.4 is 10.2 Å². The number of allylic oxidation sites excluding steroid dienone is 6. The van der Waals surface area contributed by atoms with Crippen LogP contribution in [0.2, 0.25) is 0 Å². The monoisotopic (exact) mass is 669 g/mol. The van der Waals surface area contributed by atoms with Gasteiger partial charge in [-0.3, -0.25) is 9.83 Å². The van der Waals surface area contributed by atoms with Crippen molar-refractivity contribution in [2.45, 2.75) is 75.5 Å². The molecule has 0 aliphatic carbocycles. The fraction of sp³-hybridized carbons (Fsp3) is 0.412. The van der Waals surface area contributed by atoms with Gasteiger partial charge >= 0.3 is 5.97 Å². The molecule has 248 valence electrons. The molecule has 0 spiro atoms. The summed E-state index contributed by atoms with van der Waals surface area (Å²) in [5.41, 5.74) is 5.02. The number of likely N-dealkylation sites (N-methyl/N-ethyl adjacent to an activating group) is 1. The van der Waals surface area contributed by atoms with Gasteiger partial charge in [0.05, 0.1) is 10.3 Å². The van der Waals surface area contributed by atoms with E-state index in [1.807, 2.05) is 44.2 Å². The molecule has 2 aliphatic rings. The van der Waals surface area contributed by atoms with Gasteiger partial charge in [-0.25, -0.2) is 8.42 Å². The Morgan fingerprint density at radius 2 is 1.78 bits per heavy atom. The second kappa shape index (κ2) is 15.1. The standard InChI is InChI=1S/C34H42N2O8S2/c1-5-35-28-15-11-10-14-26(28)33(3,22-13-23-45-44-43-39)30(35)16-8-7-9-17-31-34(4,21-12-18-32(37)38)27-24-25(46(40,41)42)19-20-29(27)36(31)6-2/h7-11,14-17,19-20,24H,5-6,12-13,18,21-23H2,1-4H3,(H2-,37,38,39,40,41,42)/p-1. The number of rotatable bonds is 16. The Kier molecular flexibility index (Phi) is 11.7. The molecule has 2 unspecified atom stereocenters. The molecule has 0 aromatic heterocycles. The van der Waals surface area contributed by atoms with Crippen LogP contribution in [0.5, 0.6) is 0 Å². The third-order valence-corrected chi connectivity index (χ3v) is 10.5. The first-order valence-electron chi connectivity index (χ1n) is 15.4. The van der Waals surface area contributed by atoms with Crippen LogP contribution in [0.4, 0.5) is 11.4 Å². The lowest BCUT2D eigenvalue weighted by Crippen LogP contribution is -2.31. The summed E-state index contributed by atoms with van der Waals surface area (Å²) in [5, 5.41) is 22.9. The normalized spacial score (nSPS) is 22.0. The summed E-state index contributed by atoms with van der Waals surface area (Å²) in [6, 6.07) is 12.8. The topological polar surface area (TPSA) is 142 Å². The molecule has 2 heterocycles. The zero-order valence-electron chi connectivity index (χ0n) is 26.6. The van der Waals surface area contributed by atoms with E-state index < -0.39 is 21.5 Å². The molecule has 0 amide bonds. The van der Waals surface area contributed by atoms with E-state index in [0.717, 1.165) is 48.5 Å². The summed E-state index contributed by atoms with van der Waals surface area (Å²) in [6.07, 6.45) is 12.5. The number of nitrogens with zero attached hydrogens (tertiary/aromatic N) is 2. The molecular weight excluding hydrogens is 629 g/mol. The van der Waals surface area contributed by atoms with E-state index in [9.17, 15) is 28.1 Å². The van der Waals surface area contributed by atoms with Crippen molar-refractivity contribution in [3.63, 3.8) is 0 Å². The lowest BCUT2D eigenvalue weighted by molar-refractivity contribution is -0.777. The van der Waals surface area contributed by atoms with E-state index in [1.54, 1.807) is 6.07 Å². The van der Waals surface area contributed by atoms with E-state index >= 15 is 0 Å². The fourth-order valence-corrected chi connectivity index (χ4v) is 7.76. The third-order valence-electron chi connectivity index (χ3n) is 9.05. The summed E-state index contributed by atoms with van der Waals surface area (Å²) in [5.74, 6) is -0.288. The molecule has 2 aliphatic heterocycles. The van der Waals surface area contributed by atoms with Crippen molar-refractivity contribution in [3.8, 4) is 0 Å². The van der Waals surface area contributed by atoms with Crippen LogP contribution in [0.3, 0.4) is 0 Å². The zero-order valence-corrected chi connectivity index (χ0v) is 28.2. The van der Waals surface area contributed by atoms with Crippen molar-refractivity contribution >= 4 is 45.2 Å². The minimum Gasteiger partial charge on any atom is -0.744 e. The Morgan fingerprint density at radius 3 is 2.46 bits per heavy atom. The summed E-state index contributed by atoms with van der Waals surface area (Å²) in [6.45, 7) is 9.72. The maximum atomic E-state index is 11.9. The molecule has 2 aromatic rings. The first-order chi connectivity index (χ1) is 21.9. The summed E-state index contributed by atoms with van der Waals surface area (Å²) >= 11 is 0.995. The van der Waals surface area contributed by atoms with Gasteiger partial charge in [-0.15, -0.1) is 0 Å². The molecule has 0 radical (unpaired) electrons. The summed E-state index contributed by atoms with van der Waals surface area (Å²) in [7, 11) is -4.67. The van der Waals surface area contributed by atoms with Crippen molar-refractivity contribution in [1.29, 1.82) is 0 Å². The Hall–Kier alpha value is -3.26. The number of carbonyl (C=O) groups is 1. The van der Waals surface area contributed by atoms with Gasteiger partial charge in [0, 0.05) is 65.3 Å². The van der Waals surface area contributed by atoms with Crippen LogP contribution in [0.1, 0.15) is 70.9 Å². The van der Waals surface area contributed by atoms with Crippen LogP contribution in [0.25, 0.3) is 0 Å². The highest BCUT2D eigenvalue weighted by molar-refractivity contribution is 7.94. The molecular formula is C34H41N2O8S2-. The Labute approximate surface area is 275 Å². The van der Waals surface area contributed by atoms with E-state index in [1.165, 1.54) is 23.4 Å². The highest BCUT2D eigenvalue weighted by Gasteiger charge is 2.46. The number of hydrogen-bond donors (Lipinski definition) is 1. The minimum atomic E-state index is -4.67. The summed E-state index contributed by atoms with van der Waals surface area (Å²) in [4.78, 5) is 13.1. The molecule has 2 atom stereocenters. The number of benzene rings is 2. The van der Waals surface area contributed by atoms with Crippen molar-refractivity contribution in [2.75, 3.05) is 23.7 Å². The number of anilines is 1. The third kappa shape index (κ3) is 7.32. The van der Waals surface area contributed by atoms with E-state index in [2.05, 4.69) is 57.0 Å². The van der Waals surface area contributed by atoms with Gasteiger partial charge in [0.1, 0.15) is 16.7 Å². The maximum Gasteiger partial charge on any atom is 0.303 e. The predicted octanol–water partition coefficient (Wildman–Crippen LogP) is 5.67. The molecule has 46 heavy (non-hydrogen) atoms. The first-order valence-corrected chi connectivity index (χ1v) is 17.7. The molecule has 10 nitrogen and oxygen atoms in total. The Balaban J connectivity index is 1.67. The van der Waals surface area contributed by atoms with Gasteiger partial charge in [-0.05, 0) is 83.2 Å². The van der Waals surface area contributed by atoms with Gasteiger partial charge in [-0.1, -0.05) is 36.4 Å². The molecule has 0 saturated heterocycles. The van der Waals surface area contributed by atoms with Crippen LogP contribution >= 0.6 is 12.0 Å². The van der Waals surface area contributed by atoms with Crippen molar-refractivity contribution in [3.05, 3.63) is 89.7 Å². The average Bonchev–Trinajstić information content (AvgIpc) is 3.40. The summed E-state index contributed by atoms with van der Waals surface area (Å²) < 4.78 is 42.4. The van der Waals surface area contributed by atoms with Crippen LogP contribution in [-0.4, -0.2) is 53.2 Å². The number of para-hydroxylation sites is 1. The Bertz CT molecular complexity index is 1670. The maximum absolute atomic E-state index is 11.9. The van der Waals surface area contributed by atoms with Crippen LogP contribution in [0.15, 0.2) is 83.4 Å². The number of hydrogen-bond acceptors (Lipinski definition) is 9. The number of aliphatic carboxylic acids is 1. The lowest BCUT2D eigenvalue weighted by Gasteiger charge is -2.30. The molecule has 4 rings (SSSR count). The SMILES string of the molecule is CCN1/C(=C/C=C/C=C/C2=[N+](CC)c3ccccc3C2(C)CCCSOO[O-])C(C)(CCCC(=O)O)c2cc(S(=O)(=O)[O-])ccc21. The van der Waals surface area contributed by atoms with E-state index in [4.69, 9.17) is 0 Å². The molecule has 0 saturated carbocycles. The van der Waals surface area contributed by atoms with Gasteiger partial charge in [0.2, 0.25) is 5.69 Å².